The van der Waals surface area contributed by atoms with Gasteiger partial charge in [0.2, 0.25) is 0 Å². The highest BCUT2D eigenvalue weighted by Gasteiger charge is 1.96. The zero-order valence-electron chi connectivity index (χ0n) is 17.3. The Morgan fingerprint density at radius 3 is 1.81 bits per heavy atom. The topological polar surface area (TPSA) is 20.2 Å². The largest absolute Gasteiger partial charge is 0.508 e. The summed E-state index contributed by atoms with van der Waals surface area (Å²) in [6, 6.07) is 7.48. The number of phenols is 1. The molecule has 1 rings (SSSR count). The maximum atomic E-state index is 9.26. The van der Waals surface area contributed by atoms with Crippen molar-refractivity contribution in [2.45, 2.75) is 102 Å². The third-order valence-electron chi connectivity index (χ3n) is 4.73. The molecule has 0 bridgehead atoms. The molecule has 0 spiro atoms. The number of allylic oxidation sites excluding steroid dienone is 2. The first-order chi connectivity index (χ1) is 13.3. The minimum Gasteiger partial charge on any atom is -0.508 e. The zero-order chi connectivity index (χ0) is 19.4. The number of hydrogen-bond acceptors (Lipinski definition) is 3. The van der Waals surface area contributed by atoms with Crippen LogP contribution in [0.15, 0.2) is 41.3 Å². The van der Waals surface area contributed by atoms with Crippen molar-refractivity contribution in [3.63, 3.8) is 0 Å². The summed E-state index contributed by atoms with van der Waals surface area (Å²) in [6.45, 7) is 2.28. The Kier molecular flexibility index (Phi) is 17.1. The fourth-order valence-electron chi connectivity index (χ4n) is 3.02. The third kappa shape index (κ3) is 16.1. The van der Waals surface area contributed by atoms with Crippen LogP contribution in [0.2, 0.25) is 0 Å². The Balaban J connectivity index is 1.76. The first-order valence-corrected chi connectivity index (χ1v) is 13.4. The number of aromatic hydroxyl groups is 1. The standard InChI is InChI=1S/C24H40OS2/c1-2-3-4-5-6-7-8-9-10-11-12-13-14-15-16-17-22-26-27-24-20-18-23(25)19-21-24/h9-10,18-21,25H,2-8,11-17,22H2,1H3. The van der Waals surface area contributed by atoms with Gasteiger partial charge in [0.1, 0.15) is 5.75 Å². The highest BCUT2D eigenvalue weighted by Crippen LogP contribution is 2.32. The normalized spacial score (nSPS) is 11.4. The molecule has 0 amide bonds. The summed E-state index contributed by atoms with van der Waals surface area (Å²) in [6.07, 6.45) is 24.0. The molecule has 1 aromatic carbocycles. The van der Waals surface area contributed by atoms with E-state index in [0.29, 0.717) is 5.75 Å². The third-order valence-corrected chi connectivity index (χ3v) is 7.20. The Morgan fingerprint density at radius 1 is 0.704 bits per heavy atom. The van der Waals surface area contributed by atoms with E-state index in [0.717, 1.165) is 0 Å². The highest BCUT2D eigenvalue weighted by atomic mass is 33.1. The van der Waals surface area contributed by atoms with Gasteiger partial charge in [0, 0.05) is 10.6 Å². The lowest BCUT2D eigenvalue weighted by atomic mass is 10.1. The second kappa shape index (κ2) is 18.8. The van der Waals surface area contributed by atoms with E-state index in [4.69, 9.17) is 0 Å². The van der Waals surface area contributed by atoms with Crippen LogP contribution in [-0.4, -0.2) is 10.9 Å². The molecule has 0 aliphatic carbocycles. The maximum absolute atomic E-state index is 9.26. The number of rotatable bonds is 18. The molecule has 3 heteroatoms. The van der Waals surface area contributed by atoms with E-state index < -0.39 is 0 Å². The minimum absolute atomic E-state index is 0.345. The summed E-state index contributed by atoms with van der Waals surface area (Å²) < 4.78 is 0. The maximum Gasteiger partial charge on any atom is 0.115 e. The summed E-state index contributed by atoms with van der Waals surface area (Å²) in [5.41, 5.74) is 0. The quantitative estimate of drug-likeness (QED) is 0.148. The summed E-state index contributed by atoms with van der Waals surface area (Å²) in [7, 11) is 3.74. The van der Waals surface area contributed by atoms with Gasteiger partial charge in [0.15, 0.2) is 0 Å². The van der Waals surface area contributed by atoms with E-state index in [2.05, 4.69) is 19.1 Å². The van der Waals surface area contributed by atoms with Gasteiger partial charge in [-0.25, -0.2) is 0 Å². The first kappa shape index (κ1) is 24.5. The predicted molar refractivity (Wildman–Crippen MR) is 126 cm³/mol. The Hall–Kier alpha value is -0.540. The van der Waals surface area contributed by atoms with Gasteiger partial charge in [-0.05, 0) is 56.4 Å². The molecular formula is C24H40OS2. The highest BCUT2D eigenvalue weighted by molar-refractivity contribution is 8.76. The molecule has 1 aromatic rings. The molecule has 0 saturated heterocycles. The number of unbranched alkanes of at least 4 members (excludes halogenated alkanes) is 12. The van der Waals surface area contributed by atoms with Crippen molar-refractivity contribution in [2.24, 2.45) is 0 Å². The van der Waals surface area contributed by atoms with Crippen LogP contribution < -0.4 is 0 Å². The van der Waals surface area contributed by atoms with E-state index in [9.17, 15) is 5.11 Å². The van der Waals surface area contributed by atoms with Gasteiger partial charge in [-0.1, -0.05) is 98.5 Å². The van der Waals surface area contributed by atoms with Gasteiger partial charge < -0.3 is 5.11 Å². The van der Waals surface area contributed by atoms with E-state index in [1.165, 1.54) is 101 Å². The van der Waals surface area contributed by atoms with Crippen LogP contribution in [0.5, 0.6) is 5.75 Å². The number of benzene rings is 1. The minimum atomic E-state index is 0.345. The van der Waals surface area contributed by atoms with Gasteiger partial charge in [-0.15, -0.1) is 0 Å². The molecule has 0 aliphatic rings. The van der Waals surface area contributed by atoms with Gasteiger partial charge in [0.25, 0.3) is 0 Å². The first-order valence-electron chi connectivity index (χ1n) is 11.1. The van der Waals surface area contributed by atoms with Gasteiger partial charge in [-0.3, -0.25) is 0 Å². The van der Waals surface area contributed by atoms with Crippen molar-refractivity contribution in [3.8, 4) is 5.75 Å². The van der Waals surface area contributed by atoms with Crippen LogP contribution in [0.3, 0.4) is 0 Å². The lowest BCUT2D eigenvalue weighted by Gasteiger charge is -2.02. The average molecular weight is 409 g/mol. The van der Waals surface area contributed by atoms with Gasteiger partial charge in [0.05, 0.1) is 0 Å². The van der Waals surface area contributed by atoms with Crippen LogP contribution in [0.4, 0.5) is 0 Å². The van der Waals surface area contributed by atoms with E-state index in [1.807, 2.05) is 33.7 Å². The fourth-order valence-corrected chi connectivity index (χ4v) is 5.15. The molecule has 1 N–H and O–H groups in total. The lowest BCUT2D eigenvalue weighted by Crippen LogP contribution is -1.82. The van der Waals surface area contributed by atoms with Crippen LogP contribution in [0, 0.1) is 0 Å². The number of hydrogen-bond donors (Lipinski definition) is 1. The second-order valence-corrected chi connectivity index (χ2v) is 9.83. The fraction of sp³-hybridized carbons (Fsp3) is 0.667. The lowest BCUT2D eigenvalue weighted by molar-refractivity contribution is 0.475. The Labute approximate surface area is 176 Å². The molecule has 0 fully saturated rings. The molecular weight excluding hydrogens is 368 g/mol. The predicted octanol–water partition coefficient (Wildman–Crippen LogP) is 9.17. The Morgan fingerprint density at radius 2 is 1.22 bits per heavy atom. The van der Waals surface area contributed by atoms with Crippen molar-refractivity contribution in [1.29, 1.82) is 0 Å². The smallest absolute Gasteiger partial charge is 0.115 e. The molecule has 0 heterocycles. The molecule has 0 unspecified atom stereocenters. The van der Waals surface area contributed by atoms with Crippen LogP contribution in [0.1, 0.15) is 96.8 Å². The molecule has 27 heavy (non-hydrogen) atoms. The molecule has 0 radical (unpaired) electrons. The second-order valence-electron chi connectivity index (χ2n) is 7.34. The van der Waals surface area contributed by atoms with Crippen LogP contribution in [0.25, 0.3) is 0 Å². The molecule has 154 valence electrons. The monoisotopic (exact) mass is 408 g/mol. The van der Waals surface area contributed by atoms with Crippen molar-refractivity contribution in [3.05, 3.63) is 36.4 Å². The van der Waals surface area contributed by atoms with E-state index in [1.54, 1.807) is 12.1 Å². The summed E-state index contributed by atoms with van der Waals surface area (Å²) >= 11 is 0. The van der Waals surface area contributed by atoms with Gasteiger partial charge in [-0.2, -0.15) is 0 Å². The Bertz CT molecular complexity index is 456. The molecule has 1 nitrogen and oxygen atoms in total. The summed E-state index contributed by atoms with van der Waals surface area (Å²) in [5.74, 6) is 1.56. The van der Waals surface area contributed by atoms with Crippen molar-refractivity contribution >= 4 is 21.6 Å². The molecule has 0 aromatic heterocycles. The molecule has 0 saturated carbocycles. The van der Waals surface area contributed by atoms with Crippen molar-refractivity contribution < 1.29 is 5.11 Å². The van der Waals surface area contributed by atoms with Crippen LogP contribution in [-0.2, 0) is 0 Å². The summed E-state index contributed by atoms with van der Waals surface area (Å²) in [5, 5.41) is 9.26. The zero-order valence-corrected chi connectivity index (χ0v) is 19.0. The van der Waals surface area contributed by atoms with E-state index >= 15 is 0 Å². The molecule has 0 atom stereocenters. The van der Waals surface area contributed by atoms with Gasteiger partial charge >= 0.3 is 0 Å². The van der Waals surface area contributed by atoms with Crippen molar-refractivity contribution in [1.82, 2.24) is 0 Å². The SMILES string of the molecule is CCCCCCCCC=CCCCCCCCCSSc1ccc(O)cc1. The van der Waals surface area contributed by atoms with Crippen LogP contribution >= 0.6 is 21.6 Å². The summed E-state index contributed by atoms with van der Waals surface area (Å²) in [4.78, 5) is 1.22. The van der Waals surface area contributed by atoms with E-state index in [-0.39, 0.29) is 0 Å². The molecule has 0 aliphatic heterocycles. The average Bonchev–Trinajstić information content (AvgIpc) is 2.68. The van der Waals surface area contributed by atoms with Crippen molar-refractivity contribution in [2.75, 3.05) is 5.75 Å². The number of phenolic OH excluding ortho intramolecular Hbond substituents is 1.